The third kappa shape index (κ3) is 5.07. The fraction of sp³-hybridized carbons (Fsp3) is 0.143. The Morgan fingerprint density at radius 1 is 1.09 bits per heavy atom. The van der Waals surface area contributed by atoms with E-state index in [-0.39, 0.29) is 39.5 Å². The number of halogens is 6. The highest BCUT2D eigenvalue weighted by molar-refractivity contribution is 6.35. The lowest BCUT2D eigenvalue weighted by atomic mass is 9.98. The number of hydrogen-bond acceptors (Lipinski definition) is 3. The molecule has 2 rings (SSSR count). The minimum atomic E-state index is -4.76. The van der Waals surface area contributed by atoms with E-state index in [1.807, 2.05) is 0 Å². The van der Waals surface area contributed by atoms with Gasteiger partial charge in [0.1, 0.15) is 11.5 Å². The highest BCUT2D eigenvalue weighted by Crippen LogP contribution is 2.36. The summed E-state index contributed by atoms with van der Waals surface area (Å²) in [6.07, 6.45) is -4.76. The van der Waals surface area contributed by atoms with Crippen molar-refractivity contribution in [3.8, 4) is 11.5 Å². The molecule has 0 bridgehead atoms. The zero-order chi connectivity index (χ0) is 16.5. The molecule has 0 radical (unpaired) electrons. The van der Waals surface area contributed by atoms with Crippen LogP contribution in [-0.2, 0) is 0 Å². The van der Waals surface area contributed by atoms with E-state index in [9.17, 15) is 18.3 Å². The van der Waals surface area contributed by atoms with Gasteiger partial charge in [0.25, 0.3) is 0 Å². The van der Waals surface area contributed by atoms with Crippen molar-refractivity contribution in [3.05, 3.63) is 57.6 Å². The van der Waals surface area contributed by atoms with Gasteiger partial charge in [-0.3, -0.25) is 0 Å². The summed E-state index contributed by atoms with van der Waals surface area (Å²) in [4.78, 5) is 0. The highest BCUT2D eigenvalue weighted by atomic mass is 35.5. The van der Waals surface area contributed by atoms with Crippen LogP contribution in [0.15, 0.2) is 36.4 Å². The van der Waals surface area contributed by atoms with Crippen LogP contribution in [0.2, 0.25) is 10.0 Å². The summed E-state index contributed by atoms with van der Waals surface area (Å²) in [6.45, 7) is 0. The summed E-state index contributed by atoms with van der Waals surface area (Å²) in [5.74, 6) is -0.560. The lowest BCUT2D eigenvalue weighted by Crippen LogP contribution is -2.17. The Hall–Kier alpha value is -1.34. The number of ether oxygens (including phenoxy) is 1. The number of benzene rings is 2. The van der Waals surface area contributed by atoms with Crippen molar-refractivity contribution >= 4 is 35.6 Å². The van der Waals surface area contributed by atoms with Gasteiger partial charge in [-0.05, 0) is 29.8 Å². The second kappa shape index (κ2) is 7.49. The van der Waals surface area contributed by atoms with Crippen LogP contribution in [0, 0.1) is 0 Å². The molecule has 0 heterocycles. The van der Waals surface area contributed by atoms with E-state index in [1.54, 1.807) is 0 Å². The number of alkyl halides is 3. The Morgan fingerprint density at radius 2 is 1.65 bits per heavy atom. The molecule has 0 spiro atoms. The van der Waals surface area contributed by atoms with Gasteiger partial charge in [-0.15, -0.1) is 25.6 Å². The lowest BCUT2D eigenvalue weighted by molar-refractivity contribution is -0.274. The topological polar surface area (TPSA) is 55.5 Å². The van der Waals surface area contributed by atoms with Gasteiger partial charge in [0, 0.05) is 10.6 Å². The number of phenols is 1. The second-order valence-electron chi connectivity index (χ2n) is 4.41. The molecule has 0 aliphatic carbocycles. The van der Waals surface area contributed by atoms with E-state index in [0.717, 1.165) is 12.1 Å². The first-order valence-electron chi connectivity index (χ1n) is 5.96. The van der Waals surface area contributed by atoms with Gasteiger partial charge in [-0.25, -0.2) is 0 Å². The molecular formula is C14H11Cl3F3NO2. The maximum Gasteiger partial charge on any atom is 0.573 e. The van der Waals surface area contributed by atoms with Crippen molar-refractivity contribution in [1.29, 1.82) is 0 Å². The monoisotopic (exact) mass is 387 g/mol. The largest absolute Gasteiger partial charge is 0.573 e. The van der Waals surface area contributed by atoms with Gasteiger partial charge in [0.15, 0.2) is 0 Å². The molecule has 126 valence electrons. The molecule has 0 fully saturated rings. The van der Waals surface area contributed by atoms with Crippen LogP contribution in [0.1, 0.15) is 17.2 Å². The Bertz CT molecular complexity index is 655. The summed E-state index contributed by atoms with van der Waals surface area (Å²) in [7, 11) is 0. The molecule has 9 heteroatoms. The van der Waals surface area contributed by atoms with Gasteiger partial charge in [0.05, 0.1) is 11.1 Å². The van der Waals surface area contributed by atoms with Gasteiger partial charge in [-0.2, -0.15) is 0 Å². The number of phenolic OH excluding ortho intramolecular Hbond substituents is 1. The zero-order valence-corrected chi connectivity index (χ0v) is 13.6. The third-order valence-electron chi connectivity index (χ3n) is 2.86. The fourth-order valence-corrected chi connectivity index (χ4v) is 2.52. The Kier molecular flexibility index (Phi) is 6.41. The second-order valence-corrected chi connectivity index (χ2v) is 5.26. The maximum atomic E-state index is 12.1. The average Bonchev–Trinajstić information content (AvgIpc) is 2.36. The Morgan fingerprint density at radius 3 is 2.13 bits per heavy atom. The zero-order valence-electron chi connectivity index (χ0n) is 11.3. The van der Waals surface area contributed by atoms with Crippen molar-refractivity contribution in [2.75, 3.05) is 0 Å². The van der Waals surface area contributed by atoms with E-state index in [1.165, 1.54) is 24.3 Å². The summed E-state index contributed by atoms with van der Waals surface area (Å²) >= 11 is 11.7. The van der Waals surface area contributed by atoms with Crippen LogP contribution >= 0.6 is 35.6 Å². The summed E-state index contributed by atoms with van der Waals surface area (Å²) in [5, 5.41) is 10.3. The van der Waals surface area contributed by atoms with Gasteiger partial charge in [0.2, 0.25) is 0 Å². The molecule has 1 atom stereocenters. The molecule has 23 heavy (non-hydrogen) atoms. The fourth-order valence-electron chi connectivity index (χ4n) is 1.92. The van der Waals surface area contributed by atoms with E-state index >= 15 is 0 Å². The van der Waals surface area contributed by atoms with Crippen LogP contribution in [0.25, 0.3) is 0 Å². The van der Waals surface area contributed by atoms with Gasteiger partial charge >= 0.3 is 6.36 Å². The molecule has 3 N–H and O–H groups in total. The van der Waals surface area contributed by atoms with Crippen LogP contribution in [0.4, 0.5) is 13.2 Å². The van der Waals surface area contributed by atoms with Crippen LogP contribution in [-0.4, -0.2) is 11.5 Å². The SMILES string of the molecule is Cl.N[C@@H](c1ccc(OC(F)(F)F)cc1)c1c(O)cc(Cl)cc1Cl. The van der Waals surface area contributed by atoms with Gasteiger partial charge in [-0.1, -0.05) is 35.3 Å². The van der Waals surface area contributed by atoms with E-state index < -0.39 is 12.4 Å². The quantitative estimate of drug-likeness (QED) is 0.772. The third-order valence-corrected chi connectivity index (χ3v) is 3.39. The van der Waals surface area contributed by atoms with E-state index in [4.69, 9.17) is 28.9 Å². The molecule has 0 amide bonds. The van der Waals surface area contributed by atoms with Crippen molar-refractivity contribution in [1.82, 2.24) is 0 Å². The van der Waals surface area contributed by atoms with Crippen molar-refractivity contribution < 1.29 is 23.0 Å². The Balaban J connectivity index is 0.00000264. The van der Waals surface area contributed by atoms with Crippen LogP contribution in [0.5, 0.6) is 11.5 Å². The standard InChI is InChI=1S/C14H10Cl2F3NO2.ClH/c15-8-5-10(16)12(11(21)6-8)13(20)7-1-3-9(4-2-7)22-14(17,18)19;/h1-6,13,21H,20H2;1H/t13-;/m0./s1. The number of nitrogens with two attached hydrogens (primary N) is 1. The van der Waals surface area contributed by atoms with Gasteiger partial charge < -0.3 is 15.6 Å². The first kappa shape index (κ1) is 19.7. The molecule has 0 unspecified atom stereocenters. The maximum absolute atomic E-state index is 12.1. The average molecular weight is 389 g/mol. The summed E-state index contributed by atoms with van der Waals surface area (Å²) in [6, 6.07) is 6.84. The molecule has 0 aliphatic rings. The van der Waals surface area contributed by atoms with Crippen molar-refractivity contribution in [2.24, 2.45) is 5.73 Å². The molecule has 0 aliphatic heterocycles. The first-order chi connectivity index (χ1) is 10.2. The van der Waals surface area contributed by atoms with E-state index in [2.05, 4.69) is 4.74 Å². The van der Waals surface area contributed by atoms with Crippen molar-refractivity contribution in [3.63, 3.8) is 0 Å². The lowest BCUT2D eigenvalue weighted by Gasteiger charge is -2.17. The normalized spacial score (nSPS) is 12.4. The summed E-state index contributed by atoms with van der Waals surface area (Å²) in [5.41, 5.74) is 6.68. The minimum absolute atomic E-state index is 0. The molecular weight excluding hydrogens is 378 g/mol. The molecule has 3 nitrogen and oxygen atoms in total. The number of hydrogen-bond donors (Lipinski definition) is 2. The highest BCUT2D eigenvalue weighted by Gasteiger charge is 2.31. The molecule has 0 saturated carbocycles. The Labute approximate surface area is 146 Å². The van der Waals surface area contributed by atoms with Crippen LogP contribution in [0.3, 0.4) is 0 Å². The predicted octanol–water partition coefficient (Wildman–Crippen LogP) is 5.07. The smallest absolute Gasteiger partial charge is 0.507 e. The van der Waals surface area contributed by atoms with Crippen LogP contribution < -0.4 is 10.5 Å². The minimum Gasteiger partial charge on any atom is -0.507 e. The molecule has 0 saturated heterocycles. The predicted molar refractivity (Wildman–Crippen MR) is 84.5 cm³/mol. The molecule has 2 aromatic carbocycles. The number of aromatic hydroxyl groups is 1. The molecule has 2 aromatic rings. The number of rotatable bonds is 3. The van der Waals surface area contributed by atoms with E-state index in [0.29, 0.717) is 5.56 Å². The van der Waals surface area contributed by atoms with Crippen molar-refractivity contribution in [2.45, 2.75) is 12.4 Å². The summed E-state index contributed by atoms with van der Waals surface area (Å²) < 4.78 is 40.1. The first-order valence-corrected chi connectivity index (χ1v) is 6.72. The molecule has 0 aromatic heterocycles.